The van der Waals surface area contributed by atoms with E-state index in [4.69, 9.17) is 9.47 Å². The van der Waals surface area contributed by atoms with Gasteiger partial charge in [0, 0.05) is 10.8 Å². The van der Waals surface area contributed by atoms with Gasteiger partial charge >= 0.3 is 6.18 Å². The Labute approximate surface area is 156 Å². The molecule has 0 aromatic rings. The smallest absolute Gasteiger partial charge is 0.350 e. The Bertz CT molecular complexity index is 462. The monoisotopic (exact) mass is 468 g/mol. The van der Waals surface area contributed by atoms with E-state index in [0.717, 1.165) is 13.8 Å². The van der Waals surface area contributed by atoms with Gasteiger partial charge in [-0.1, -0.05) is 41.5 Å². The molecular weight excluding hydrogens is 439 g/mol. The molecule has 0 spiro atoms. The first kappa shape index (κ1) is 22.4. The zero-order chi connectivity index (χ0) is 19.4. The summed E-state index contributed by atoms with van der Waals surface area (Å²) in [6, 6.07) is 0. The van der Waals surface area contributed by atoms with Crippen LogP contribution in [0.2, 0.25) is 0 Å². The molecule has 1 aliphatic rings. The van der Waals surface area contributed by atoms with Crippen molar-refractivity contribution in [3.8, 4) is 0 Å². The minimum atomic E-state index is -4.67. The third-order valence-corrected chi connectivity index (χ3v) is 9.36. The summed E-state index contributed by atoms with van der Waals surface area (Å²) in [5.41, 5.74) is -5.42. The lowest BCUT2D eigenvalue weighted by Gasteiger charge is -2.59. The van der Waals surface area contributed by atoms with Crippen molar-refractivity contribution in [1.29, 1.82) is 0 Å². The van der Waals surface area contributed by atoms with E-state index in [1.165, 1.54) is 22.6 Å². The van der Waals surface area contributed by atoms with Gasteiger partial charge in [0.25, 0.3) is 0 Å². The summed E-state index contributed by atoms with van der Waals surface area (Å²) in [5, 5.41) is 0. The molecule has 0 saturated carbocycles. The molecule has 0 bridgehead atoms. The second kappa shape index (κ2) is 6.22. The van der Waals surface area contributed by atoms with Crippen LogP contribution in [0, 0.1) is 21.7 Å². The molecule has 1 fully saturated rings. The topological polar surface area (TPSA) is 18.5 Å². The van der Waals surface area contributed by atoms with Crippen LogP contribution in [0.3, 0.4) is 0 Å². The molecule has 1 rings (SSSR count). The van der Waals surface area contributed by atoms with Gasteiger partial charge in [-0.2, -0.15) is 13.2 Å². The molecule has 7 heteroatoms. The molecule has 0 radical (unpaired) electrons. The highest BCUT2D eigenvalue weighted by molar-refractivity contribution is 14.1. The zero-order valence-corrected chi connectivity index (χ0v) is 17.9. The van der Waals surface area contributed by atoms with Crippen molar-refractivity contribution < 1.29 is 27.0 Å². The molecule has 0 aromatic heterocycles. The number of halogens is 5. The highest BCUT2D eigenvalue weighted by atomic mass is 127. The molecular formula is C17H29F4IO2. The first-order valence-corrected chi connectivity index (χ1v) is 9.11. The van der Waals surface area contributed by atoms with Crippen molar-refractivity contribution in [3.05, 3.63) is 0 Å². The van der Waals surface area contributed by atoms with Crippen LogP contribution in [0.25, 0.3) is 0 Å². The van der Waals surface area contributed by atoms with Gasteiger partial charge in [-0.15, -0.1) is 0 Å². The Morgan fingerprint density at radius 2 is 1.08 bits per heavy atom. The van der Waals surface area contributed by atoms with Gasteiger partial charge < -0.3 is 9.47 Å². The lowest BCUT2D eigenvalue weighted by atomic mass is 9.50. The number of hydrogen-bond donors (Lipinski definition) is 0. The van der Waals surface area contributed by atoms with Gasteiger partial charge in [0.05, 0.1) is 13.2 Å². The first-order chi connectivity index (χ1) is 10.4. The van der Waals surface area contributed by atoms with Gasteiger partial charge in [-0.05, 0) is 41.9 Å². The average molecular weight is 468 g/mol. The number of hydrogen-bond acceptors (Lipinski definition) is 2. The Morgan fingerprint density at radius 3 is 1.42 bits per heavy atom. The maximum Gasteiger partial charge on any atom is 0.397 e. The lowest BCUT2D eigenvalue weighted by molar-refractivity contribution is -0.270. The number of alkyl halides is 5. The summed E-state index contributed by atoms with van der Waals surface area (Å²) in [6.07, 6.45) is -5.24. The van der Waals surface area contributed by atoms with Gasteiger partial charge in [0.15, 0.2) is 9.97 Å². The Kier molecular flexibility index (Phi) is 5.81. The van der Waals surface area contributed by atoms with Gasteiger partial charge in [-0.3, -0.25) is 0 Å². The van der Waals surface area contributed by atoms with Gasteiger partial charge in [-0.25, -0.2) is 4.39 Å². The van der Waals surface area contributed by atoms with Crippen LogP contribution in [0.5, 0.6) is 0 Å². The van der Waals surface area contributed by atoms with E-state index in [1.54, 1.807) is 27.7 Å². The largest absolute Gasteiger partial charge is 0.397 e. The van der Waals surface area contributed by atoms with Crippen molar-refractivity contribution in [2.75, 3.05) is 13.2 Å². The molecule has 1 atom stereocenters. The molecule has 0 aromatic carbocycles. The van der Waals surface area contributed by atoms with E-state index in [2.05, 4.69) is 0 Å². The Morgan fingerprint density at radius 1 is 0.708 bits per heavy atom. The van der Waals surface area contributed by atoms with E-state index < -0.39 is 37.8 Å². The van der Waals surface area contributed by atoms with E-state index in [1.807, 2.05) is 13.8 Å². The molecule has 24 heavy (non-hydrogen) atoms. The van der Waals surface area contributed by atoms with Crippen LogP contribution in [-0.4, -0.2) is 29.4 Å². The van der Waals surface area contributed by atoms with Crippen molar-refractivity contribution >= 4 is 22.6 Å². The highest BCUT2D eigenvalue weighted by Crippen LogP contribution is 2.67. The first-order valence-electron chi connectivity index (χ1n) is 8.03. The van der Waals surface area contributed by atoms with E-state index in [9.17, 15) is 13.2 Å². The molecule has 0 N–H and O–H groups in total. The van der Waals surface area contributed by atoms with E-state index >= 15 is 4.39 Å². The second-order valence-corrected chi connectivity index (χ2v) is 10.2. The van der Waals surface area contributed by atoms with E-state index in [0.29, 0.717) is 13.2 Å². The standard InChI is InChI=1S/C17H29F4IO2/c1-12(2,11-23-9-10-24-11)13(3,4)14(5,6)16(18,22)15(7,8)17(19,20)21/h11H,9-10H2,1-8H3. The summed E-state index contributed by atoms with van der Waals surface area (Å²) < 4.78 is 65.1. The fourth-order valence-corrected chi connectivity index (χ4v) is 4.21. The van der Waals surface area contributed by atoms with Crippen LogP contribution in [0.4, 0.5) is 17.6 Å². The van der Waals surface area contributed by atoms with Crippen molar-refractivity contribution in [2.24, 2.45) is 21.7 Å². The predicted molar refractivity (Wildman–Crippen MR) is 94.7 cm³/mol. The fraction of sp³-hybridized carbons (Fsp3) is 1.00. The number of ether oxygens (including phenoxy) is 2. The minimum absolute atomic E-state index is 0.434. The van der Waals surface area contributed by atoms with Gasteiger partial charge in [0.2, 0.25) is 0 Å². The molecule has 1 unspecified atom stereocenters. The molecule has 0 amide bonds. The summed E-state index contributed by atoms with van der Waals surface area (Å²) in [6.45, 7) is 13.1. The minimum Gasteiger partial charge on any atom is -0.350 e. The summed E-state index contributed by atoms with van der Waals surface area (Å²) in [7, 11) is 0. The van der Waals surface area contributed by atoms with Crippen molar-refractivity contribution in [3.63, 3.8) is 0 Å². The summed E-state index contributed by atoms with van der Waals surface area (Å²) in [5.74, 6) is 0. The lowest BCUT2D eigenvalue weighted by Crippen LogP contribution is -2.63. The van der Waals surface area contributed by atoms with Crippen LogP contribution >= 0.6 is 22.6 Å². The highest BCUT2D eigenvalue weighted by Gasteiger charge is 2.71. The molecule has 1 heterocycles. The summed E-state index contributed by atoms with van der Waals surface area (Å²) in [4.78, 5) is 0. The predicted octanol–water partition coefficient (Wildman–Crippen LogP) is 6.13. The van der Waals surface area contributed by atoms with Crippen LogP contribution in [0.15, 0.2) is 0 Å². The molecule has 144 valence electrons. The van der Waals surface area contributed by atoms with E-state index in [-0.39, 0.29) is 0 Å². The normalized spacial score (nSPS) is 21.9. The molecule has 1 saturated heterocycles. The maximum absolute atomic E-state index is 15.8. The Balaban J connectivity index is 3.39. The van der Waals surface area contributed by atoms with Gasteiger partial charge in [0.1, 0.15) is 5.41 Å². The molecule has 2 nitrogen and oxygen atoms in total. The third-order valence-electron chi connectivity index (χ3n) is 6.66. The SMILES string of the molecule is CC(C)(C1OCCO1)C(C)(C)C(C)(C)C(F)(I)C(C)(C)C(F)(F)F. The van der Waals surface area contributed by atoms with Crippen molar-refractivity contribution in [2.45, 2.75) is 71.5 Å². The van der Waals surface area contributed by atoms with Crippen LogP contribution < -0.4 is 0 Å². The second-order valence-electron chi connectivity index (χ2n) is 8.74. The molecule has 0 aliphatic carbocycles. The maximum atomic E-state index is 15.8. The zero-order valence-electron chi connectivity index (χ0n) is 15.7. The van der Waals surface area contributed by atoms with Crippen molar-refractivity contribution in [1.82, 2.24) is 0 Å². The molecule has 1 aliphatic heterocycles. The van der Waals surface area contributed by atoms with Crippen LogP contribution in [0.1, 0.15) is 55.4 Å². The Hall–Kier alpha value is 0.370. The fourth-order valence-electron chi connectivity index (χ4n) is 3.23. The average Bonchev–Trinajstić information content (AvgIpc) is 2.90. The summed E-state index contributed by atoms with van der Waals surface area (Å²) >= 11 is 1.35. The third kappa shape index (κ3) is 3.00. The number of rotatable bonds is 5. The quantitative estimate of drug-likeness (QED) is 0.275. The van der Waals surface area contributed by atoms with Crippen LogP contribution in [-0.2, 0) is 9.47 Å².